The molecule has 0 aromatic heterocycles. The first-order valence-electron chi connectivity index (χ1n) is 3.63. The molecule has 0 amide bonds. The zero-order chi connectivity index (χ0) is 8.97. The van der Waals surface area contributed by atoms with E-state index >= 15 is 0 Å². The van der Waals surface area contributed by atoms with Crippen LogP contribution >= 0.6 is 0 Å². The van der Waals surface area contributed by atoms with E-state index in [0.29, 0.717) is 5.56 Å². The van der Waals surface area contributed by atoms with Gasteiger partial charge in [0.05, 0.1) is 0 Å². The normalized spacial score (nSPS) is 10.6. The van der Waals surface area contributed by atoms with Gasteiger partial charge in [0.1, 0.15) is 5.75 Å². The standard InChI is InChI=1S/C9H12O3/c1-11-9(12-2)7-5-3-4-6-8(7)10/h3-6,9-10H,1-2H3. The molecule has 0 heterocycles. The molecule has 0 atom stereocenters. The second kappa shape index (κ2) is 4.09. The minimum absolute atomic E-state index is 0.186. The monoisotopic (exact) mass is 168 g/mol. The molecule has 0 aliphatic carbocycles. The van der Waals surface area contributed by atoms with E-state index in [2.05, 4.69) is 0 Å². The Hall–Kier alpha value is -1.06. The second-order valence-electron chi connectivity index (χ2n) is 2.36. The third-order valence-electron chi connectivity index (χ3n) is 1.62. The Morgan fingerprint density at radius 2 is 1.75 bits per heavy atom. The van der Waals surface area contributed by atoms with Crippen LogP contribution in [0.4, 0.5) is 0 Å². The van der Waals surface area contributed by atoms with Gasteiger partial charge in [0, 0.05) is 19.8 Å². The smallest absolute Gasteiger partial charge is 0.186 e. The summed E-state index contributed by atoms with van der Waals surface area (Å²) in [6, 6.07) is 6.93. The number of phenolic OH excluding ortho intramolecular Hbond substituents is 1. The summed E-state index contributed by atoms with van der Waals surface area (Å²) in [5.74, 6) is 0.186. The van der Waals surface area contributed by atoms with Crippen LogP contribution in [0.2, 0.25) is 0 Å². The van der Waals surface area contributed by atoms with Crippen LogP contribution in [-0.2, 0) is 9.47 Å². The van der Waals surface area contributed by atoms with Crippen molar-refractivity contribution >= 4 is 0 Å². The van der Waals surface area contributed by atoms with Gasteiger partial charge in [-0.1, -0.05) is 18.2 Å². The van der Waals surface area contributed by atoms with Crippen molar-refractivity contribution < 1.29 is 14.6 Å². The molecule has 0 fully saturated rings. The number of aromatic hydroxyl groups is 1. The quantitative estimate of drug-likeness (QED) is 0.698. The molecule has 1 aromatic carbocycles. The Balaban J connectivity index is 2.92. The highest BCUT2D eigenvalue weighted by Gasteiger charge is 2.11. The molecule has 0 saturated heterocycles. The molecule has 1 aromatic rings. The summed E-state index contributed by atoms with van der Waals surface area (Å²) in [5.41, 5.74) is 0.641. The van der Waals surface area contributed by atoms with E-state index in [0.717, 1.165) is 0 Å². The van der Waals surface area contributed by atoms with Crippen molar-refractivity contribution in [2.45, 2.75) is 6.29 Å². The van der Waals surface area contributed by atoms with E-state index in [1.165, 1.54) is 14.2 Å². The Morgan fingerprint density at radius 3 is 2.25 bits per heavy atom. The van der Waals surface area contributed by atoms with E-state index in [1.54, 1.807) is 18.2 Å². The number of ether oxygens (including phenoxy) is 2. The van der Waals surface area contributed by atoms with Gasteiger partial charge in [0.15, 0.2) is 6.29 Å². The number of hydrogen-bond donors (Lipinski definition) is 1. The Kier molecular flexibility index (Phi) is 3.08. The fraction of sp³-hybridized carbons (Fsp3) is 0.333. The van der Waals surface area contributed by atoms with Gasteiger partial charge in [0.2, 0.25) is 0 Å². The maximum absolute atomic E-state index is 9.38. The van der Waals surface area contributed by atoms with Crippen molar-refractivity contribution in [2.75, 3.05) is 14.2 Å². The van der Waals surface area contributed by atoms with Crippen molar-refractivity contribution in [3.05, 3.63) is 29.8 Å². The zero-order valence-corrected chi connectivity index (χ0v) is 7.15. The molecule has 1 N–H and O–H groups in total. The van der Waals surface area contributed by atoms with Gasteiger partial charge in [-0.25, -0.2) is 0 Å². The largest absolute Gasteiger partial charge is 0.507 e. The lowest BCUT2D eigenvalue weighted by molar-refractivity contribution is -0.106. The van der Waals surface area contributed by atoms with Gasteiger partial charge in [-0.15, -0.1) is 0 Å². The SMILES string of the molecule is COC(OC)c1ccccc1O. The predicted molar refractivity (Wildman–Crippen MR) is 44.9 cm³/mol. The molecule has 12 heavy (non-hydrogen) atoms. The maximum atomic E-state index is 9.38. The molecule has 3 nitrogen and oxygen atoms in total. The molecule has 1 rings (SSSR count). The summed E-state index contributed by atoms with van der Waals surface area (Å²) in [6.07, 6.45) is -0.494. The van der Waals surface area contributed by atoms with Crippen molar-refractivity contribution in [2.24, 2.45) is 0 Å². The highest BCUT2D eigenvalue weighted by Crippen LogP contribution is 2.25. The van der Waals surface area contributed by atoms with Gasteiger partial charge in [-0.2, -0.15) is 0 Å². The topological polar surface area (TPSA) is 38.7 Å². The summed E-state index contributed by atoms with van der Waals surface area (Å²) in [7, 11) is 3.06. The minimum atomic E-state index is -0.494. The van der Waals surface area contributed by atoms with Crippen LogP contribution in [0.5, 0.6) is 5.75 Å². The highest BCUT2D eigenvalue weighted by atomic mass is 16.7. The van der Waals surface area contributed by atoms with Crippen molar-refractivity contribution in [1.82, 2.24) is 0 Å². The van der Waals surface area contributed by atoms with E-state index in [1.807, 2.05) is 6.07 Å². The van der Waals surface area contributed by atoms with Gasteiger partial charge >= 0.3 is 0 Å². The molecule has 0 saturated carbocycles. The number of benzene rings is 1. The maximum Gasteiger partial charge on any atom is 0.186 e. The zero-order valence-electron chi connectivity index (χ0n) is 7.15. The fourth-order valence-corrected chi connectivity index (χ4v) is 1.04. The first-order chi connectivity index (χ1) is 5.79. The van der Waals surface area contributed by atoms with Gasteiger partial charge < -0.3 is 14.6 Å². The Labute approximate surface area is 71.5 Å². The lowest BCUT2D eigenvalue weighted by Gasteiger charge is -2.14. The number of hydrogen-bond acceptors (Lipinski definition) is 3. The summed E-state index contributed by atoms with van der Waals surface area (Å²) < 4.78 is 9.97. The van der Waals surface area contributed by atoms with E-state index in [-0.39, 0.29) is 5.75 Å². The third-order valence-corrected chi connectivity index (χ3v) is 1.62. The van der Waals surface area contributed by atoms with Crippen LogP contribution in [0.15, 0.2) is 24.3 Å². The average molecular weight is 168 g/mol. The van der Waals surface area contributed by atoms with E-state index in [4.69, 9.17) is 9.47 Å². The summed E-state index contributed by atoms with van der Waals surface area (Å²) in [4.78, 5) is 0. The molecule has 0 spiro atoms. The predicted octanol–water partition coefficient (Wildman–Crippen LogP) is 1.68. The van der Waals surface area contributed by atoms with Crippen LogP contribution in [0.25, 0.3) is 0 Å². The average Bonchev–Trinajstić information content (AvgIpc) is 2.10. The molecular weight excluding hydrogens is 156 g/mol. The van der Waals surface area contributed by atoms with Gasteiger partial charge in [-0.3, -0.25) is 0 Å². The van der Waals surface area contributed by atoms with E-state index in [9.17, 15) is 5.11 Å². The van der Waals surface area contributed by atoms with Gasteiger partial charge in [0.25, 0.3) is 0 Å². The number of para-hydroxylation sites is 1. The molecular formula is C9H12O3. The minimum Gasteiger partial charge on any atom is -0.507 e. The molecule has 0 unspecified atom stereocenters. The van der Waals surface area contributed by atoms with E-state index < -0.39 is 6.29 Å². The van der Waals surface area contributed by atoms with Crippen molar-refractivity contribution in [3.63, 3.8) is 0 Å². The Bertz CT molecular complexity index is 243. The summed E-state index contributed by atoms with van der Waals surface area (Å²) in [6.45, 7) is 0. The molecule has 0 radical (unpaired) electrons. The first-order valence-corrected chi connectivity index (χ1v) is 3.63. The summed E-state index contributed by atoms with van der Waals surface area (Å²) >= 11 is 0. The number of methoxy groups -OCH3 is 2. The number of phenols is 1. The van der Waals surface area contributed by atoms with Crippen LogP contribution in [0.1, 0.15) is 11.9 Å². The molecule has 3 heteroatoms. The van der Waals surface area contributed by atoms with Crippen molar-refractivity contribution in [3.8, 4) is 5.75 Å². The first kappa shape index (κ1) is 9.03. The summed E-state index contributed by atoms with van der Waals surface area (Å²) in [5, 5.41) is 9.38. The van der Waals surface area contributed by atoms with Crippen LogP contribution in [0.3, 0.4) is 0 Å². The van der Waals surface area contributed by atoms with Gasteiger partial charge in [-0.05, 0) is 6.07 Å². The van der Waals surface area contributed by atoms with Crippen molar-refractivity contribution in [1.29, 1.82) is 0 Å². The highest BCUT2D eigenvalue weighted by molar-refractivity contribution is 5.32. The fourth-order valence-electron chi connectivity index (χ4n) is 1.04. The van der Waals surface area contributed by atoms with Crippen LogP contribution < -0.4 is 0 Å². The van der Waals surface area contributed by atoms with Crippen LogP contribution in [-0.4, -0.2) is 19.3 Å². The molecule has 0 aliphatic heterocycles. The lowest BCUT2D eigenvalue weighted by atomic mass is 10.2. The lowest BCUT2D eigenvalue weighted by Crippen LogP contribution is -2.03. The molecule has 0 bridgehead atoms. The molecule has 66 valence electrons. The third kappa shape index (κ3) is 1.75. The van der Waals surface area contributed by atoms with Crippen LogP contribution in [0, 0.1) is 0 Å². The Morgan fingerprint density at radius 1 is 1.17 bits per heavy atom. The molecule has 0 aliphatic rings. The second-order valence-corrected chi connectivity index (χ2v) is 2.36. The number of rotatable bonds is 3.